The second-order valence-electron chi connectivity index (χ2n) is 7.11. The Bertz CT molecular complexity index is 1010. The van der Waals surface area contributed by atoms with E-state index in [9.17, 15) is 4.79 Å². The third-order valence-electron chi connectivity index (χ3n) is 4.55. The fraction of sp³-hybridized carbons (Fsp3) is 0.333. The molecule has 0 bridgehead atoms. The normalized spacial score (nSPS) is 11.0. The van der Waals surface area contributed by atoms with Crippen LogP contribution < -0.4 is 16.0 Å². The number of nitrogens with one attached hydrogen (secondary N) is 3. The van der Waals surface area contributed by atoms with Crippen LogP contribution in [-0.4, -0.2) is 45.6 Å². The highest BCUT2D eigenvalue weighted by molar-refractivity contribution is 6.32. The predicted octanol–water partition coefficient (Wildman–Crippen LogP) is 3.58. The zero-order chi connectivity index (χ0) is 21.7. The van der Waals surface area contributed by atoms with Crippen LogP contribution in [0.25, 0.3) is 11.4 Å². The fourth-order valence-corrected chi connectivity index (χ4v) is 3.31. The highest BCUT2D eigenvalue weighted by Crippen LogP contribution is 2.29. The molecule has 0 spiro atoms. The summed E-state index contributed by atoms with van der Waals surface area (Å²) < 4.78 is 2.08. The summed E-state index contributed by atoms with van der Waals surface area (Å²) in [4.78, 5) is 25.4. The van der Waals surface area contributed by atoms with E-state index in [1.807, 2.05) is 26.1 Å². The van der Waals surface area contributed by atoms with Gasteiger partial charge in [-0.2, -0.15) is 0 Å². The number of aryl methyl sites for hydroxylation is 1. The van der Waals surface area contributed by atoms with Crippen molar-refractivity contribution in [1.82, 2.24) is 30.2 Å². The molecule has 2 heterocycles. The number of nitrogens with zero attached hydrogens (tertiary/aromatic N) is 4. The molecule has 0 aliphatic rings. The summed E-state index contributed by atoms with van der Waals surface area (Å²) in [6, 6.07) is 7.35. The molecular weight excluding hydrogens is 402 g/mol. The maximum Gasteiger partial charge on any atom is 0.251 e. The van der Waals surface area contributed by atoms with Crippen LogP contribution in [0.4, 0.5) is 11.6 Å². The molecule has 0 aliphatic carbocycles. The van der Waals surface area contributed by atoms with E-state index in [4.69, 9.17) is 11.6 Å². The van der Waals surface area contributed by atoms with Crippen LogP contribution >= 0.6 is 11.6 Å². The molecule has 0 saturated carbocycles. The number of likely N-dealkylation sites (N-methyl/N-ethyl adjacent to an activating group) is 1. The van der Waals surface area contributed by atoms with Crippen LogP contribution in [0.2, 0.25) is 5.02 Å². The lowest BCUT2D eigenvalue weighted by molar-refractivity contribution is 0.0954. The van der Waals surface area contributed by atoms with Gasteiger partial charge in [0.1, 0.15) is 11.5 Å². The molecule has 0 fully saturated rings. The number of rotatable bonds is 8. The molecule has 0 atom stereocenters. The average molecular weight is 428 g/mol. The molecular formula is C21H26ClN7O. The number of amides is 1. The van der Waals surface area contributed by atoms with Crippen molar-refractivity contribution in [2.24, 2.45) is 0 Å². The minimum absolute atomic E-state index is 0.112. The van der Waals surface area contributed by atoms with Crippen LogP contribution in [0.3, 0.4) is 0 Å². The second kappa shape index (κ2) is 9.69. The number of benzene rings is 1. The van der Waals surface area contributed by atoms with E-state index < -0.39 is 0 Å². The topological polar surface area (TPSA) is 96.8 Å². The predicted molar refractivity (Wildman–Crippen MR) is 119 cm³/mol. The molecule has 30 heavy (non-hydrogen) atoms. The van der Waals surface area contributed by atoms with Crippen LogP contribution in [0.5, 0.6) is 0 Å². The van der Waals surface area contributed by atoms with E-state index in [0.29, 0.717) is 28.8 Å². The largest absolute Gasteiger partial charge is 0.351 e. The molecule has 2 aromatic heterocycles. The minimum Gasteiger partial charge on any atom is -0.351 e. The summed E-state index contributed by atoms with van der Waals surface area (Å²) in [6.07, 6.45) is 3.34. The van der Waals surface area contributed by atoms with Gasteiger partial charge in [0.25, 0.3) is 5.91 Å². The van der Waals surface area contributed by atoms with Gasteiger partial charge in [0.05, 0.1) is 23.1 Å². The molecule has 3 aromatic rings. The first-order chi connectivity index (χ1) is 14.4. The van der Waals surface area contributed by atoms with Gasteiger partial charge in [-0.3, -0.25) is 4.79 Å². The number of hydrogen-bond donors (Lipinski definition) is 3. The Labute approximate surface area is 181 Å². The number of carbonyl (C=O) groups is 1. The van der Waals surface area contributed by atoms with Gasteiger partial charge in [-0.05, 0) is 52.1 Å². The molecule has 3 N–H and O–H groups in total. The van der Waals surface area contributed by atoms with Gasteiger partial charge >= 0.3 is 0 Å². The van der Waals surface area contributed by atoms with Crippen molar-refractivity contribution in [1.29, 1.82) is 0 Å². The molecule has 9 heteroatoms. The first-order valence-electron chi connectivity index (χ1n) is 9.77. The third kappa shape index (κ3) is 4.95. The average Bonchev–Trinajstić information content (AvgIpc) is 3.11. The van der Waals surface area contributed by atoms with Crippen LogP contribution in [-0.2, 0) is 0 Å². The first-order valence-corrected chi connectivity index (χ1v) is 10.1. The second-order valence-corrected chi connectivity index (χ2v) is 7.51. The molecule has 8 nitrogen and oxygen atoms in total. The van der Waals surface area contributed by atoms with Gasteiger partial charge in [0, 0.05) is 30.4 Å². The van der Waals surface area contributed by atoms with Gasteiger partial charge in [-0.25, -0.2) is 15.0 Å². The number of anilines is 2. The Morgan fingerprint density at radius 2 is 1.87 bits per heavy atom. The minimum atomic E-state index is -0.112. The SMILES string of the molecule is CNCCNC(=O)c1ccc(Nc2ncc(Cl)c(-c3cnc(C)n3C(C)C)n2)cc1. The summed E-state index contributed by atoms with van der Waals surface area (Å²) in [6.45, 7) is 7.42. The van der Waals surface area contributed by atoms with Crippen LogP contribution in [0.1, 0.15) is 36.1 Å². The first kappa shape index (κ1) is 21.7. The van der Waals surface area contributed by atoms with E-state index in [1.165, 1.54) is 0 Å². The Hall–Kier alpha value is -2.97. The van der Waals surface area contributed by atoms with Crippen molar-refractivity contribution in [3.05, 3.63) is 53.1 Å². The van der Waals surface area contributed by atoms with E-state index in [-0.39, 0.29) is 11.9 Å². The molecule has 1 aromatic carbocycles. The number of hydrogen-bond acceptors (Lipinski definition) is 6. The van der Waals surface area contributed by atoms with E-state index in [0.717, 1.165) is 23.8 Å². The Kier molecular flexibility index (Phi) is 7.02. The lowest BCUT2D eigenvalue weighted by Gasteiger charge is -2.15. The summed E-state index contributed by atoms with van der Waals surface area (Å²) in [7, 11) is 1.84. The van der Waals surface area contributed by atoms with E-state index in [2.05, 4.69) is 49.3 Å². The molecule has 3 rings (SSSR count). The molecule has 0 saturated heterocycles. The summed E-state index contributed by atoms with van der Waals surface area (Å²) >= 11 is 6.38. The highest BCUT2D eigenvalue weighted by atomic mass is 35.5. The van der Waals surface area contributed by atoms with E-state index >= 15 is 0 Å². The third-order valence-corrected chi connectivity index (χ3v) is 4.83. The number of halogens is 1. The fourth-order valence-electron chi connectivity index (χ4n) is 3.12. The zero-order valence-corrected chi connectivity index (χ0v) is 18.3. The highest BCUT2D eigenvalue weighted by Gasteiger charge is 2.17. The lowest BCUT2D eigenvalue weighted by atomic mass is 10.2. The maximum absolute atomic E-state index is 12.1. The lowest BCUT2D eigenvalue weighted by Crippen LogP contribution is -2.30. The smallest absolute Gasteiger partial charge is 0.251 e. The molecule has 158 valence electrons. The van der Waals surface area contributed by atoms with Gasteiger partial charge < -0.3 is 20.5 Å². The quantitative estimate of drug-likeness (QED) is 0.475. The van der Waals surface area contributed by atoms with Gasteiger partial charge in [-0.1, -0.05) is 11.6 Å². The summed E-state index contributed by atoms with van der Waals surface area (Å²) in [5.41, 5.74) is 2.81. The van der Waals surface area contributed by atoms with Gasteiger partial charge in [0.15, 0.2) is 0 Å². The Balaban J connectivity index is 1.78. The summed E-state index contributed by atoms with van der Waals surface area (Å²) in [5, 5.41) is 9.45. The summed E-state index contributed by atoms with van der Waals surface area (Å²) in [5.74, 6) is 1.20. The van der Waals surface area contributed by atoms with Gasteiger partial charge in [0.2, 0.25) is 5.95 Å². The van der Waals surface area contributed by atoms with E-state index in [1.54, 1.807) is 24.5 Å². The van der Waals surface area contributed by atoms with Crippen molar-refractivity contribution in [3.63, 3.8) is 0 Å². The Morgan fingerprint density at radius 1 is 1.13 bits per heavy atom. The molecule has 0 unspecified atom stereocenters. The Morgan fingerprint density at radius 3 is 2.53 bits per heavy atom. The van der Waals surface area contributed by atoms with Crippen LogP contribution in [0.15, 0.2) is 36.7 Å². The molecule has 0 aliphatic heterocycles. The molecule has 1 amide bonds. The van der Waals surface area contributed by atoms with Crippen molar-refractivity contribution in [2.45, 2.75) is 26.8 Å². The van der Waals surface area contributed by atoms with Crippen molar-refractivity contribution >= 4 is 29.1 Å². The van der Waals surface area contributed by atoms with Crippen molar-refractivity contribution in [3.8, 4) is 11.4 Å². The monoisotopic (exact) mass is 427 g/mol. The number of carbonyl (C=O) groups excluding carboxylic acids is 1. The van der Waals surface area contributed by atoms with Crippen molar-refractivity contribution in [2.75, 3.05) is 25.5 Å². The van der Waals surface area contributed by atoms with Crippen molar-refractivity contribution < 1.29 is 4.79 Å². The zero-order valence-electron chi connectivity index (χ0n) is 17.5. The number of imidazole rings is 1. The van der Waals surface area contributed by atoms with Gasteiger partial charge in [-0.15, -0.1) is 0 Å². The van der Waals surface area contributed by atoms with Crippen LogP contribution in [0, 0.1) is 6.92 Å². The standard InChI is InChI=1S/C21H26ClN7O/c1-13(2)29-14(3)25-12-18(29)19-17(22)11-26-21(28-19)27-16-7-5-15(6-8-16)20(30)24-10-9-23-4/h5-8,11-13,23H,9-10H2,1-4H3,(H,24,30)(H,26,27,28). The number of aromatic nitrogens is 4. The maximum atomic E-state index is 12.1. The molecule has 0 radical (unpaired) electrons.